The highest BCUT2D eigenvalue weighted by atomic mass is 32.2. The third-order valence-corrected chi connectivity index (χ3v) is 5.75. The van der Waals surface area contributed by atoms with Crippen molar-refractivity contribution >= 4 is 34.9 Å². The normalized spacial score (nSPS) is 19.5. The summed E-state index contributed by atoms with van der Waals surface area (Å²) in [5.41, 5.74) is 1.78. The zero-order chi connectivity index (χ0) is 13.0. The third kappa shape index (κ3) is 3.32. The minimum Gasteiger partial charge on any atom is -0.383 e. The highest BCUT2D eigenvalue weighted by molar-refractivity contribution is 8.06. The van der Waals surface area contributed by atoms with Gasteiger partial charge in [0.2, 0.25) is 0 Å². The molecule has 1 aromatic rings. The van der Waals surface area contributed by atoms with E-state index in [-0.39, 0.29) is 10.6 Å². The van der Waals surface area contributed by atoms with Crippen LogP contribution in [0, 0.1) is 17.0 Å². The molecule has 1 aromatic carbocycles. The molecule has 4 nitrogen and oxygen atoms in total. The molecule has 6 heteroatoms. The second-order valence-corrected chi connectivity index (χ2v) is 6.71. The van der Waals surface area contributed by atoms with Crippen molar-refractivity contribution in [2.75, 3.05) is 29.1 Å². The molecule has 1 atom stereocenters. The van der Waals surface area contributed by atoms with E-state index in [9.17, 15) is 10.1 Å². The van der Waals surface area contributed by atoms with Crippen LogP contribution >= 0.6 is 23.5 Å². The van der Waals surface area contributed by atoms with Gasteiger partial charge in [-0.05, 0) is 13.0 Å². The van der Waals surface area contributed by atoms with Crippen LogP contribution in [-0.4, -0.2) is 34.0 Å². The van der Waals surface area contributed by atoms with E-state index in [0.29, 0.717) is 5.25 Å². The van der Waals surface area contributed by atoms with Crippen LogP contribution in [0.15, 0.2) is 18.2 Å². The number of benzene rings is 1. The van der Waals surface area contributed by atoms with Crippen molar-refractivity contribution in [3.8, 4) is 0 Å². The van der Waals surface area contributed by atoms with Gasteiger partial charge < -0.3 is 5.32 Å². The second kappa shape index (κ2) is 6.33. The first kappa shape index (κ1) is 13.5. The minimum atomic E-state index is -0.328. The second-order valence-electron chi connectivity index (χ2n) is 4.16. The standard InChI is InChI=1S/C12H16N2O2S2/c1-9-11(3-2-4-12(9)14(15)16)13-7-10-8-17-5-6-18-10/h2-4,10,13H,5-8H2,1H3. The van der Waals surface area contributed by atoms with E-state index in [1.54, 1.807) is 19.1 Å². The lowest BCUT2D eigenvalue weighted by molar-refractivity contribution is -0.385. The number of nitro groups is 1. The van der Waals surface area contributed by atoms with Gasteiger partial charge >= 0.3 is 0 Å². The molecule has 0 aliphatic carbocycles. The quantitative estimate of drug-likeness (QED) is 0.680. The Morgan fingerprint density at radius 3 is 3.00 bits per heavy atom. The fraction of sp³-hybridized carbons (Fsp3) is 0.500. The third-order valence-electron chi connectivity index (χ3n) is 2.91. The van der Waals surface area contributed by atoms with Crippen molar-refractivity contribution < 1.29 is 4.92 Å². The van der Waals surface area contributed by atoms with E-state index in [2.05, 4.69) is 5.32 Å². The largest absolute Gasteiger partial charge is 0.383 e. The maximum absolute atomic E-state index is 10.9. The highest BCUT2D eigenvalue weighted by Crippen LogP contribution is 2.27. The smallest absolute Gasteiger partial charge is 0.274 e. The van der Waals surface area contributed by atoms with E-state index in [0.717, 1.165) is 23.5 Å². The lowest BCUT2D eigenvalue weighted by atomic mass is 10.1. The first-order chi connectivity index (χ1) is 8.68. The number of hydrogen-bond donors (Lipinski definition) is 1. The SMILES string of the molecule is Cc1c(NCC2CSCCS2)cccc1[N+](=O)[O-]. The average molecular weight is 284 g/mol. The van der Waals surface area contributed by atoms with Crippen molar-refractivity contribution in [2.24, 2.45) is 0 Å². The summed E-state index contributed by atoms with van der Waals surface area (Å²) in [4.78, 5) is 10.5. The van der Waals surface area contributed by atoms with Gasteiger partial charge in [0, 0.05) is 46.4 Å². The Morgan fingerprint density at radius 2 is 2.33 bits per heavy atom. The number of thioether (sulfide) groups is 2. The molecule has 0 saturated carbocycles. The summed E-state index contributed by atoms with van der Waals surface area (Å²) in [5.74, 6) is 3.59. The molecule has 0 radical (unpaired) electrons. The van der Waals surface area contributed by atoms with Crippen molar-refractivity contribution in [1.29, 1.82) is 0 Å². The molecule has 0 aromatic heterocycles. The van der Waals surface area contributed by atoms with E-state index in [1.165, 1.54) is 11.5 Å². The Labute approximate surface area is 115 Å². The lowest BCUT2D eigenvalue weighted by Crippen LogP contribution is -2.23. The Kier molecular flexibility index (Phi) is 4.77. The fourth-order valence-electron chi connectivity index (χ4n) is 1.89. The summed E-state index contributed by atoms with van der Waals surface area (Å²) < 4.78 is 0. The minimum absolute atomic E-state index is 0.186. The van der Waals surface area contributed by atoms with Crippen molar-refractivity contribution in [3.63, 3.8) is 0 Å². The predicted octanol–water partition coefficient (Wildman–Crippen LogP) is 3.16. The molecule has 0 bridgehead atoms. The first-order valence-electron chi connectivity index (χ1n) is 5.85. The molecule has 0 amide bonds. The summed E-state index contributed by atoms with van der Waals surface area (Å²) >= 11 is 3.96. The van der Waals surface area contributed by atoms with E-state index < -0.39 is 0 Å². The summed E-state index contributed by atoms with van der Waals surface area (Å²) in [6.45, 7) is 2.67. The molecule has 18 heavy (non-hydrogen) atoms. The molecule has 0 spiro atoms. The van der Waals surface area contributed by atoms with Crippen molar-refractivity contribution in [1.82, 2.24) is 0 Å². The van der Waals surface area contributed by atoms with Gasteiger partial charge in [0.25, 0.3) is 5.69 Å². The fourth-order valence-corrected chi connectivity index (χ4v) is 4.50. The van der Waals surface area contributed by atoms with Gasteiger partial charge in [-0.2, -0.15) is 23.5 Å². The topological polar surface area (TPSA) is 55.2 Å². The van der Waals surface area contributed by atoms with Crippen molar-refractivity contribution in [2.45, 2.75) is 12.2 Å². The van der Waals surface area contributed by atoms with E-state index in [1.807, 2.05) is 29.6 Å². The molecule has 1 unspecified atom stereocenters. The number of nitrogens with one attached hydrogen (secondary N) is 1. The molecular formula is C12H16N2O2S2. The molecule has 1 heterocycles. The van der Waals surface area contributed by atoms with Gasteiger partial charge in [-0.15, -0.1) is 0 Å². The van der Waals surface area contributed by atoms with Crippen LogP contribution in [-0.2, 0) is 0 Å². The number of nitro benzene ring substituents is 1. The first-order valence-corrected chi connectivity index (χ1v) is 8.06. The van der Waals surface area contributed by atoms with Gasteiger partial charge in [0.15, 0.2) is 0 Å². The van der Waals surface area contributed by atoms with E-state index in [4.69, 9.17) is 0 Å². The number of anilines is 1. The van der Waals surface area contributed by atoms with Gasteiger partial charge in [-0.3, -0.25) is 10.1 Å². The summed E-state index contributed by atoms with van der Waals surface area (Å²) in [6, 6.07) is 5.19. The van der Waals surface area contributed by atoms with Crippen LogP contribution in [0.5, 0.6) is 0 Å². The zero-order valence-electron chi connectivity index (χ0n) is 10.2. The molecule has 1 aliphatic rings. The van der Waals surface area contributed by atoms with Crippen LogP contribution in [0.4, 0.5) is 11.4 Å². The Morgan fingerprint density at radius 1 is 1.50 bits per heavy atom. The molecular weight excluding hydrogens is 268 g/mol. The molecule has 2 rings (SSSR count). The van der Waals surface area contributed by atoms with Crippen LogP contribution in [0.2, 0.25) is 0 Å². The van der Waals surface area contributed by atoms with Crippen LogP contribution in [0.25, 0.3) is 0 Å². The number of nitrogens with zero attached hydrogens (tertiary/aromatic N) is 1. The molecule has 1 fully saturated rings. The van der Waals surface area contributed by atoms with Gasteiger partial charge in [0.05, 0.1) is 4.92 Å². The number of hydrogen-bond acceptors (Lipinski definition) is 5. The lowest BCUT2D eigenvalue weighted by Gasteiger charge is -2.22. The maximum atomic E-state index is 10.9. The molecule has 1 aliphatic heterocycles. The van der Waals surface area contributed by atoms with Crippen LogP contribution < -0.4 is 5.32 Å². The van der Waals surface area contributed by atoms with Crippen LogP contribution in [0.1, 0.15) is 5.56 Å². The molecule has 1 saturated heterocycles. The van der Waals surface area contributed by atoms with Gasteiger partial charge in [-0.25, -0.2) is 0 Å². The summed E-state index contributed by atoms with van der Waals surface area (Å²) in [5, 5.41) is 14.8. The summed E-state index contributed by atoms with van der Waals surface area (Å²) in [7, 11) is 0. The van der Waals surface area contributed by atoms with Crippen molar-refractivity contribution in [3.05, 3.63) is 33.9 Å². The average Bonchev–Trinajstić information content (AvgIpc) is 2.38. The molecule has 1 N–H and O–H groups in total. The molecule has 98 valence electrons. The predicted molar refractivity (Wildman–Crippen MR) is 79.9 cm³/mol. The number of rotatable bonds is 4. The zero-order valence-corrected chi connectivity index (χ0v) is 11.9. The Balaban J connectivity index is 2.00. The Hall–Kier alpha value is -0.880. The van der Waals surface area contributed by atoms with E-state index >= 15 is 0 Å². The highest BCUT2D eigenvalue weighted by Gasteiger charge is 2.16. The van der Waals surface area contributed by atoms with Gasteiger partial charge in [-0.1, -0.05) is 6.07 Å². The maximum Gasteiger partial charge on any atom is 0.274 e. The summed E-state index contributed by atoms with van der Waals surface area (Å²) in [6.07, 6.45) is 0. The van der Waals surface area contributed by atoms with Crippen LogP contribution in [0.3, 0.4) is 0 Å². The Bertz CT molecular complexity index is 434. The monoisotopic (exact) mass is 284 g/mol. The van der Waals surface area contributed by atoms with Gasteiger partial charge in [0.1, 0.15) is 0 Å².